The first-order valence-electron chi connectivity index (χ1n) is 4.14. The minimum absolute atomic E-state index is 0.265. The third-order valence-electron chi connectivity index (χ3n) is 1.86. The number of rotatable bonds is 4. The van der Waals surface area contributed by atoms with Gasteiger partial charge in [-0.3, -0.25) is 4.79 Å². The zero-order valence-electron chi connectivity index (χ0n) is 7.74. The van der Waals surface area contributed by atoms with E-state index in [9.17, 15) is 4.79 Å². The summed E-state index contributed by atoms with van der Waals surface area (Å²) in [7, 11) is 1.54. The van der Waals surface area contributed by atoms with E-state index in [0.29, 0.717) is 5.75 Å². The van der Waals surface area contributed by atoms with E-state index in [2.05, 4.69) is 0 Å². The van der Waals surface area contributed by atoms with Crippen molar-refractivity contribution in [3.05, 3.63) is 29.8 Å². The number of benzene rings is 1. The van der Waals surface area contributed by atoms with E-state index in [1.54, 1.807) is 19.2 Å². The second kappa shape index (κ2) is 4.86. The van der Waals surface area contributed by atoms with Gasteiger partial charge in [-0.2, -0.15) is 0 Å². The summed E-state index contributed by atoms with van der Waals surface area (Å²) in [5, 5.41) is 7.72. The summed E-state index contributed by atoms with van der Waals surface area (Å²) < 4.78 is 5.07. The third kappa shape index (κ3) is 2.64. The largest absolute Gasteiger partial charge is 0.496 e. The first-order valence-corrected chi connectivity index (χ1v) is 4.57. The van der Waals surface area contributed by atoms with E-state index in [1.807, 2.05) is 12.1 Å². The molecule has 0 saturated carbocycles. The average Bonchev–Trinajstić information content (AvgIpc) is 2.18. The van der Waals surface area contributed by atoms with E-state index < -0.39 is 11.3 Å². The van der Waals surface area contributed by atoms with Crippen LogP contribution in [0.4, 0.5) is 0 Å². The number of halogens is 1. The van der Waals surface area contributed by atoms with Crippen molar-refractivity contribution in [2.45, 2.75) is 11.8 Å². The predicted octanol–water partition coefficient (Wildman–Crippen LogP) is 1.93. The average molecular weight is 215 g/mol. The molecule has 0 aliphatic rings. The molecule has 0 bridgehead atoms. The van der Waals surface area contributed by atoms with E-state index in [-0.39, 0.29) is 6.42 Å². The van der Waals surface area contributed by atoms with Gasteiger partial charge in [0, 0.05) is 6.42 Å². The maximum Gasteiger partial charge on any atom is 0.321 e. The minimum atomic E-state index is -1.02. The molecule has 0 fully saturated rings. The summed E-state index contributed by atoms with van der Waals surface area (Å²) in [6.07, 6.45) is 0.265. The second-order valence-corrected chi connectivity index (χ2v) is 3.35. The van der Waals surface area contributed by atoms with Gasteiger partial charge in [-0.15, -0.1) is 11.6 Å². The van der Waals surface area contributed by atoms with Gasteiger partial charge in [-0.05, 0) is 11.6 Å². The van der Waals surface area contributed by atoms with Gasteiger partial charge < -0.3 is 9.84 Å². The molecule has 0 amide bonds. The molecule has 0 aliphatic heterocycles. The van der Waals surface area contributed by atoms with Crippen LogP contribution >= 0.6 is 11.6 Å². The van der Waals surface area contributed by atoms with Crippen molar-refractivity contribution in [1.29, 1.82) is 0 Å². The molecule has 1 atom stereocenters. The number of methoxy groups -OCH3 is 1. The van der Waals surface area contributed by atoms with Crippen molar-refractivity contribution in [2.75, 3.05) is 7.11 Å². The summed E-state index contributed by atoms with van der Waals surface area (Å²) in [6, 6.07) is 7.23. The number of carboxylic acid groups (broad SMARTS) is 1. The fraction of sp³-hybridized carbons (Fsp3) is 0.300. The third-order valence-corrected chi connectivity index (χ3v) is 2.20. The normalized spacial score (nSPS) is 12.1. The van der Waals surface area contributed by atoms with Gasteiger partial charge in [0.1, 0.15) is 11.1 Å². The number of hydrogen-bond donors (Lipinski definition) is 1. The molecular formula is C10H11ClO3. The lowest BCUT2D eigenvalue weighted by atomic mass is 10.1. The quantitative estimate of drug-likeness (QED) is 0.780. The topological polar surface area (TPSA) is 46.5 Å². The van der Waals surface area contributed by atoms with Crippen molar-refractivity contribution in [3.63, 3.8) is 0 Å². The van der Waals surface area contributed by atoms with Crippen LogP contribution in [-0.2, 0) is 11.2 Å². The number of hydrogen-bond acceptors (Lipinski definition) is 2. The Balaban J connectivity index is 2.80. The lowest BCUT2D eigenvalue weighted by Crippen LogP contribution is -2.16. The highest BCUT2D eigenvalue weighted by molar-refractivity contribution is 6.29. The Morgan fingerprint density at radius 3 is 2.79 bits per heavy atom. The van der Waals surface area contributed by atoms with Crippen LogP contribution in [0, 0.1) is 0 Å². The van der Waals surface area contributed by atoms with Gasteiger partial charge in [0.15, 0.2) is 0 Å². The van der Waals surface area contributed by atoms with Crippen LogP contribution in [0.1, 0.15) is 5.56 Å². The molecule has 14 heavy (non-hydrogen) atoms. The van der Waals surface area contributed by atoms with Crippen LogP contribution in [0.3, 0.4) is 0 Å². The Morgan fingerprint density at radius 1 is 1.57 bits per heavy atom. The molecule has 76 valence electrons. The number of para-hydroxylation sites is 1. The zero-order chi connectivity index (χ0) is 10.6. The molecule has 1 unspecified atom stereocenters. The Labute approximate surface area is 87.3 Å². The van der Waals surface area contributed by atoms with Gasteiger partial charge in [-0.25, -0.2) is 0 Å². The Kier molecular flexibility index (Phi) is 3.77. The SMILES string of the molecule is COc1ccccc1CC(Cl)C(=O)O. The van der Waals surface area contributed by atoms with E-state index in [4.69, 9.17) is 21.4 Å². The molecule has 0 aliphatic carbocycles. The van der Waals surface area contributed by atoms with Crippen LogP contribution in [-0.4, -0.2) is 23.6 Å². The zero-order valence-corrected chi connectivity index (χ0v) is 8.49. The van der Waals surface area contributed by atoms with Crippen molar-refractivity contribution in [2.24, 2.45) is 0 Å². The van der Waals surface area contributed by atoms with Gasteiger partial charge in [0.2, 0.25) is 0 Å². The van der Waals surface area contributed by atoms with Crippen LogP contribution in [0.5, 0.6) is 5.75 Å². The number of carbonyl (C=O) groups is 1. The smallest absolute Gasteiger partial charge is 0.321 e. The molecule has 0 saturated heterocycles. The Morgan fingerprint density at radius 2 is 2.21 bits per heavy atom. The number of alkyl halides is 1. The maximum atomic E-state index is 10.5. The molecule has 0 aromatic heterocycles. The highest BCUT2D eigenvalue weighted by Crippen LogP contribution is 2.20. The monoisotopic (exact) mass is 214 g/mol. The molecule has 0 spiro atoms. The summed E-state index contributed by atoms with van der Waals surface area (Å²) >= 11 is 5.62. The number of aliphatic carboxylic acids is 1. The minimum Gasteiger partial charge on any atom is -0.496 e. The van der Waals surface area contributed by atoms with Crippen LogP contribution in [0.2, 0.25) is 0 Å². The number of ether oxygens (including phenoxy) is 1. The van der Waals surface area contributed by atoms with E-state index in [1.165, 1.54) is 0 Å². The number of carboxylic acids is 1. The maximum absolute atomic E-state index is 10.5. The van der Waals surface area contributed by atoms with Crippen LogP contribution < -0.4 is 4.74 Å². The summed E-state index contributed by atoms with van der Waals surface area (Å²) in [5.74, 6) is -0.350. The molecule has 0 heterocycles. The fourth-order valence-electron chi connectivity index (χ4n) is 1.15. The highest BCUT2D eigenvalue weighted by Gasteiger charge is 2.16. The second-order valence-electron chi connectivity index (χ2n) is 2.82. The molecule has 3 nitrogen and oxygen atoms in total. The van der Waals surface area contributed by atoms with Crippen molar-refractivity contribution in [3.8, 4) is 5.75 Å². The summed E-state index contributed by atoms with van der Waals surface area (Å²) in [6.45, 7) is 0. The lowest BCUT2D eigenvalue weighted by Gasteiger charge is -2.09. The molecule has 1 aromatic carbocycles. The van der Waals surface area contributed by atoms with Crippen LogP contribution in [0.25, 0.3) is 0 Å². The van der Waals surface area contributed by atoms with Crippen molar-refractivity contribution < 1.29 is 14.6 Å². The van der Waals surface area contributed by atoms with Gasteiger partial charge in [0.05, 0.1) is 7.11 Å². The first kappa shape index (κ1) is 10.9. The lowest BCUT2D eigenvalue weighted by molar-refractivity contribution is -0.136. The molecule has 0 radical (unpaired) electrons. The summed E-state index contributed by atoms with van der Waals surface area (Å²) in [4.78, 5) is 10.5. The highest BCUT2D eigenvalue weighted by atomic mass is 35.5. The molecular weight excluding hydrogens is 204 g/mol. The standard InChI is InChI=1S/C10H11ClO3/c1-14-9-5-3-2-4-7(9)6-8(11)10(12)13/h2-5,8H,6H2,1H3,(H,12,13). The van der Waals surface area contributed by atoms with Gasteiger partial charge in [0.25, 0.3) is 0 Å². The summed E-state index contributed by atoms with van der Waals surface area (Å²) in [5.41, 5.74) is 0.803. The molecule has 1 aromatic rings. The Bertz CT molecular complexity index is 325. The van der Waals surface area contributed by atoms with Gasteiger partial charge in [-0.1, -0.05) is 18.2 Å². The fourth-order valence-corrected chi connectivity index (χ4v) is 1.32. The molecule has 4 heteroatoms. The first-order chi connectivity index (χ1) is 6.65. The van der Waals surface area contributed by atoms with Crippen LogP contribution in [0.15, 0.2) is 24.3 Å². The molecule has 1 N–H and O–H groups in total. The molecule has 1 rings (SSSR count). The Hall–Kier alpha value is -1.22. The van der Waals surface area contributed by atoms with Crippen molar-refractivity contribution in [1.82, 2.24) is 0 Å². The predicted molar refractivity (Wildman–Crippen MR) is 54.0 cm³/mol. The van der Waals surface area contributed by atoms with Crippen molar-refractivity contribution >= 4 is 17.6 Å². The van der Waals surface area contributed by atoms with Gasteiger partial charge >= 0.3 is 5.97 Å². The van der Waals surface area contributed by atoms with E-state index >= 15 is 0 Å². The van der Waals surface area contributed by atoms with E-state index in [0.717, 1.165) is 5.56 Å².